The molecule has 2 atom stereocenters. The van der Waals surface area contributed by atoms with Crippen LogP contribution in [0.2, 0.25) is 5.02 Å². The molecule has 9 heteroatoms. The van der Waals surface area contributed by atoms with Crippen molar-refractivity contribution < 1.29 is 9.72 Å². The number of hydrogen-bond acceptors (Lipinski definition) is 4. The Hall–Kier alpha value is -2.81. The number of rotatable bonds is 4. The van der Waals surface area contributed by atoms with Crippen molar-refractivity contribution in [3.8, 4) is 0 Å². The molecule has 1 aliphatic heterocycles. The summed E-state index contributed by atoms with van der Waals surface area (Å²) in [5, 5.41) is 17.8. The Labute approximate surface area is 230 Å². The predicted octanol–water partition coefficient (Wildman–Crippen LogP) is 8.21. The van der Waals surface area contributed by atoms with Crippen molar-refractivity contribution in [1.82, 2.24) is 5.01 Å². The summed E-state index contributed by atoms with van der Waals surface area (Å²) < 4.78 is 1.94. The SMILES string of the molecule is O=C(c1cc([N+](=O)[O-])ccc1Cl)N1N=C2/C(=C\c3ccc(Br)cc3)CCC[C@@H]2[C@H]1c1ccc(Br)cc1. The highest BCUT2D eigenvalue weighted by atomic mass is 79.9. The molecule has 3 aromatic rings. The second kappa shape index (κ2) is 10.3. The summed E-state index contributed by atoms with van der Waals surface area (Å²) in [6, 6.07) is 19.5. The molecule has 1 fully saturated rings. The number of hydrazone groups is 1. The van der Waals surface area contributed by atoms with Gasteiger partial charge in [-0.05, 0) is 72.4 Å². The van der Waals surface area contributed by atoms with E-state index in [9.17, 15) is 14.9 Å². The third-order valence-electron chi connectivity index (χ3n) is 6.52. The van der Waals surface area contributed by atoms with Crippen LogP contribution in [0.5, 0.6) is 0 Å². The maximum absolute atomic E-state index is 13.8. The van der Waals surface area contributed by atoms with E-state index >= 15 is 0 Å². The minimum absolute atomic E-state index is 0.00282. The highest BCUT2D eigenvalue weighted by Gasteiger charge is 2.44. The molecule has 0 bridgehead atoms. The lowest BCUT2D eigenvalue weighted by molar-refractivity contribution is -0.384. The zero-order valence-electron chi connectivity index (χ0n) is 18.9. The average Bonchev–Trinajstić information content (AvgIpc) is 3.26. The molecule has 182 valence electrons. The lowest BCUT2D eigenvalue weighted by Crippen LogP contribution is -2.32. The van der Waals surface area contributed by atoms with Crippen LogP contribution in [0.1, 0.15) is 46.8 Å². The van der Waals surface area contributed by atoms with Gasteiger partial charge in [-0.2, -0.15) is 5.10 Å². The van der Waals surface area contributed by atoms with E-state index in [1.165, 1.54) is 23.2 Å². The lowest BCUT2D eigenvalue weighted by Gasteiger charge is -2.29. The van der Waals surface area contributed by atoms with Crippen molar-refractivity contribution in [2.45, 2.75) is 25.3 Å². The Bertz CT molecular complexity index is 1400. The van der Waals surface area contributed by atoms with Crippen LogP contribution in [0.3, 0.4) is 0 Å². The van der Waals surface area contributed by atoms with Gasteiger partial charge in [0.05, 0.1) is 27.3 Å². The number of nitrogens with zero attached hydrogens (tertiary/aromatic N) is 3. The van der Waals surface area contributed by atoms with Crippen LogP contribution >= 0.6 is 43.5 Å². The normalized spacial score (nSPS) is 20.2. The fraction of sp³-hybridized carbons (Fsp3) is 0.185. The van der Waals surface area contributed by atoms with Gasteiger partial charge >= 0.3 is 0 Å². The van der Waals surface area contributed by atoms with Crippen LogP contribution in [-0.2, 0) is 0 Å². The van der Waals surface area contributed by atoms with E-state index in [1.54, 1.807) is 0 Å². The van der Waals surface area contributed by atoms with Crippen LogP contribution in [0.4, 0.5) is 5.69 Å². The van der Waals surface area contributed by atoms with Gasteiger partial charge in [0, 0.05) is 27.0 Å². The Morgan fingerprint density at radius 2 is 1.72 bits per heavy atom. The maximum atomic E-state index is 13.8. The molecule has 0 N–H and O–H groups in total. The molecule has 1 heterocycles. The number of halogens is 3. The van der Waals surface area contributed by atoms with Crippen molar-refractivity contribution >= 4 is 66.8 Å². The molecule has 0 unspecified atom stereocenters. The maximum Gasteiger partial charge on any atom is 0.276 e. The first kappa shape index (κ1) is 24.9. The predicted molar refractivity (Wildman–Crippen MR) is 148 cm³/mol. The van der Waals surface area contributed by atoms with Crippen molar-refractivity contribution in [3.63, 3.8) is 0 Å². The number of non-ortho nitro benzene ring substituents is 1. The van der Waals surface area contributed by atoms with E-state index in [0.29, 0.717) is 0 Å². The lowest BCUT2D eigenvalue weighted by atomic mass is 9.77. The summed E-state index contributed by atoms with van der Waals surface area (Å²) in [5.74, 6) is -0.454. The van der Waals surface area contributed by atoms with E-state index in [2.05, 4.69) is 37.9 Å². The van der Waals surface area contributed by atoms with Gasteiger partial charge in [0.15, 0.2) is 0 Å². The standard InChI is InChI=1S/C27H20Br2ClN3O3/c28-19-8-4-16(5-9-19)14-18-2-1-3-22-25(18)31-32(26(22)17-6-10-20(29)11-7-17)27(34)23-15-21(33(35)36)12-13-24(23)30/h4-15,22,26H,1-3H2/b18-14-/t22-,26+/m0/s1. The number of carbonyl (C=O) groups excluding carboxylic acids is 1. The topological polar surface area (TPSA) is 75.8 Å². The summed E-state index contributed by atoms with van der Waals surface area (Å²) in [4.78, 5) is 24.6. The number of nitro benzene ring substituents is 1. The molecule has 0 radical (unpaired) electrons. The molecule has 1 saturated carbocycles. The van der Waals surface area contributed by atoms with Gasteiger partial charge in [-0.1, -0.05) is 67.7 Å². The van der Waals surface area contributed by atoms with Gasteiger partial charge in [0.1, 0.15) is 0 Å². The van der Waals surface area contributed by atoms with Crippen molar-refractivity contribution in [1.29, 1.82) is 0 Å². The highest BCUT2D eigenvalue weighted by molar-refractivity contribution is 9.10. The second-order valence-electron chi connectivity index (χ2n) is 8.77. The summed E-state index contributed by atoms with van der Waals surface area (Å²) in [7, 11) is 0. The van der Waals surface area contributed by atoms with Gasteiger partial charge in [-0.3, -0.25) is 14.9 Å². The van der Waals surface area contributed by atoms with Crippen LogP contribution in [0.25, 0.3) is 6.08 Å². The quantitative estimate of drug-likeness (QED) is 0.216. The fourth-order valence-corrected chi connectivity index (χ4v) is 5.56. The fourth-order valence-electron chi connectivity index (χ4n) is 4.84. The second-order valence-corrected chi connectivity index (χ2v) is 11.0. The number of fused-ring (bicyclic) bond motifs is 1. The Morgan fingerprint density at radius 3 is 2.39 bits per heavy atom. The Morgan fingerprint density at radius 1 is 1.06 bits per heavy atom. The first-order valence-electron chi connectivity index (χ1n) is 11.4. The van der Waals surface area contributed by atoms with Gasteiger partial charge in [-0.25, -0.2) is 5.01 Å². The monoisotopic (exact) mass is 627 g/mol. The van der Waals surface area contributed by atoms with Gasteiger partial charge in [-0.15, -0.1) is 0 Å². The first-order chi connectivity index (χ1) is 17.3. The number of allylic oxidation sites excluding steroid dienone is 1. The molecular weight excluding hydrogens is 610 g/mol. The summed E-state index contributed by atoms with van der Waals surface area (Å²) in [5.41, 5.74) is 3.85. The third kappa shape index (κ3) is 4.90. The van der Waals surface area contributed by atoms with Crippen LogP contribution < -0.4 is 0 Å². The molecule has 1 amide bonds. The van der Waals surface area contributed by atoms with E-state index in [0.717, 1.165) is 50.6 Å². The molecule has 2 aliphatic rings. The average molecular weight is 630 g/mol. The van der Waals surface area contributed by atoms with Gasteiger partial charge in [0.2, 0.25) is 0 Å². The molecular formula is C27H20Br2ClN3O3. The van der Waals surface area contributed by atoms with E-state index in [-0.39, 0.29) is 28.2 Å². The van der Waals surface area contributed by atoms with E-state index in [4.69, 9.17) is 16.7 Å². The van der Waals surface area contributed by atoms with E-state index in [1.807, 2.05) is 48.5 Å². The number of benzene rings is 3. The summed E-state index contributed by atoms with van der Waals surface area (Å²) in [6.45, 7) is 0. The van der Waals surface area contributed by atoms with Crippen molar-refractivity contribution in [2.75, 3.05) is 0 Å². The highest BCUT2D eigenvalue weighted by Crippen LogP contribution is 2.45. The largest absolute Gasteiger partial charge is 0.276 e. The Kier molecular flexibility index (Phi) is 7.10. The Balaban J connectivity index is 1.60. The van der Waals surface area contributed by atoms with Crippen LogP contribution in [0.15, 0.2) is 86.3 Å². The minimum Gasteiger partial charge on any atom is -0.267 e. The molecule has 5 rings (SSSR count). The van der Waals surface area contributed by atoms with Crippen LogP contribution in [0, 0.1) is 16.0 Å². The van der Waals surface area contributed by atoms with Gasteiger partial charge < -0.3 is 0 Å². The van der Waals surface area contributed by atoms with E-state index < -0.39 is 10.8 Å². The molecule has 0 spiro atoms. The zero-order chi connectivity index (χ0) is 25.4. The molecule has 6 nitrogen and oxygen atoms in total. The molecule has 0 aromatic heterocycles. The van der Waals surface area contributed by atoms with Crippen molar-refractivity contribution in [3.05, 3.63) is 113 Å². The third-order valence-corrected chi connectivity index (χ3v) is 7.91. The summed E-state index contributed by atoms with van der Waals surface area (Å²) >= 11 is 13.3. The molecule has 1 aliphatic carbocycles. The number of hydrogen-bond donors (Lipinski definition) is 0. The number of carbonyl (C=O) groups is 1. The molecule has 0 saturated heterocycles. The zero-order valence-corrected chi connectivity index (χ0v) is 22.8. The van der Waals surface area contributed by atoms with Crippen LogP contribution in [-0.4, -0.2) is 21.6 Å². The minimum atomic E-state index is -0.534. The molecule has 36 heavy (non-hydrogen) atoms. The summed E-state index contributed by atoms with van der Waals surface area (Å²) in [6.07, 6.45) is 4.84. The van der Waals surface area contributed by atoms with Gasteiger partial charge in [0.25, 0.3) is 11.6 Å². The number of nitro groups is 1. The molecule has 3 aromatic carbocycles. The van der Waals surface area contributed by atoms with Crippen molar-refractivity contribution in [2.24, 2.45) is 11.0 Å². The number of amides is 1. The smallest absolute Gasteiger partial charge is 0.267 e. The first-order valence-corrected chi connectivity index (χ1v) is 13.4.